The van der Waals surface area contributed by atoms with Gasteiger partial charge >= 0.3 is 12.0 Å². The number of hydrogen-bond acceptors (Lipinski definition) is 4. The molecule has 0 fully saturated rings. The molecular weight excluding hydrogens is 344 g/mol. The first kappa shape index (κ1) is 18.5. The van der Waals surface area contributed by atoms with Crippen molar-refractivity contribution in [2.24, 2.45) is 0 Å². The number of carbonyl (C=O) groups excluding carboxylic acids is 1. The first-order valence-corrected chi connectivity index (χ1v) is 9.69. The van der Waals surface area contributed by atoms with Gasteiger partial charge < -0.3 is 15.3 Å². The van der Waals surface area contributed by atoms with E-state index in [1.54, 1.807) is 27.6 Å². The van der Waals surface area contributed by atoms with E-state index < -0.39 is 12.0 Å². The SMILES string of the molecule is CCCC[C@@H](NC(=O)N(Cc1cccs1)Cc1cccs1)C(=O)O. The van der Waals surface area contributed by atoms with Gasteiger partial charge in [0.25, 0.3) is 0 Å². The van der Waals surface area contributed by atoms with Crippen LogP contribution < -0.4 is 5.32 Å². The second-order valence-electron chi connectivity index (χ2n) is 5.50. The average molecular weight is 367 g/mol. The third kappa shape index (κ3) is 5.65. The quantitative estimate of drug-likeness (QED) is 0.700. The summed E-state index contributed by atoms with van der Waals surface area (Å²) in [6, 6.07) is 6.67. The van der Waals surface area contributed by atoms with E-state index in [9.17, 15) is 14.7 Å². The van der Waals surface area contributed by atoms with Crippen LogP contribution in [0, 0.1) is 0 Å². The molecule has 2 rings (SSSR count). The van der Waals surface area contributed by atoms with E-state index in [1.165, 1.54) is 0 Å². The molecule has 2 N–H and O–H groups in total. The lowest BCUT2D eigenvalue weighted by atomic mass is 10.1. The molecule has 0 bridgehead atoms. The number of nitrogens with zero attached hydrogens (tertiary/aromatic N) is 1. The van der Waals surface area contributed by atoms with Crippen LogP contribution in [0.2, 0.25) is 0 Å². The third-order valence-electron chi connectivity index (χ3n) is 3.58. The van der Waals surface area contributed by atoms with Gasteiger partial charge in [-0.3, -0.25) is 0 Å². The van der Waals surface area contributed by atoms with Crippen molar-refractivity contribution in [1.29, 1.82) is 0 Å². The standard InChI is InChI=1S/C17H22N2O3S2/c1-2-3-8-15(16(20)21)18-17(22)19(11-13-6-4-9-23-13)12-14-7-5-10-24-14/h4-7,9-10,15H,2-3,8,11-12H2,1H3,(H,18,22)(H,20,21)/t15-/m1/s1. The zero-order valence-corrected chi connectivity index (χ0v) is 15.2. The van der Waals surface area contributed by atoms with Crippen molar-refractivity contribution in [2.45, 2.75) is 45.3 Å². The molecule has 0 unspecified atom stereocenters. The van der Waals surface area contributed by atoms with Crippen molar-refractivity contribution in [3.05, 3.63) is 44.8 Å². The van der Waals surface area contributed by atoms with Crippen molar-refractivity contribution < 1.29 is 14.7 Å². The Morgan fingerprint density at radius 1 is 1.17 bits per heavy atom. The lowest BCUT2D eigenvalue weighted by molar-refractivity contribution is -0.139. The topological polar surface area (TPSA) is 69.6 Å². The zero-order valence-electron chi connectivity index (χ0n) is 13.6. The van der Waals surface area contributed by atoms with Gasteiger partial charge in [-0.25, -0.2) is 9.59 Å². The number of amides is 2. The zero-order chi connectivity index (χ0) is 17.4. The Hall–Kier alpha value is -1.86. The van der Waals surface area contributed by atoms with Gasteiger partial charge in [0.1, 0.15) is 6.04 Å². The van der Waals surface area contributed by atoms with Gasteiger partial charge in [0.2, 0.25) is 0 Å². The second kappa shape index (κ2) is 9.44. The van der Waals surface area contributed by atoms with Crippen molar-refractivity contribution >= 4 is 34.7 Å². The number of hydrogen-bond donors (Lipinski definition) is 2. The van der Waals surface area contributed by atoms with Crippen LogP contribution in [0.25, 0.3) is 0 Å². The smallest absolute Gasteiger partial charge is 0.326 e. The predicted octanol–water partition coefficient (Wildman–Crippen LogP) is 4.16. The van der Waals surface area contributed by atoms with Crippen LogP contribution in [0.3, 0.4) is 0 Å². The molecule has 0 aliphatic carbocycles. The molecule has 5 nitrogen and oxygen atoms in total. The maximum Gasteiger partial charge on any atom is 0.326 e. The van der Waals surface area contributed by atoms with E-state index in [-0.39, 0.29) is 6.03 Å². The number of nitrogens with one attached hydrogen (secondary N) is 1. The number of aliphatic carboxylic acids is 1. The highest BCUT2D eigenvalue weighted by molar-refractivity contribution is 7.10. The minimum atomic E-state index is -0.982. The highest BCUT2D eigenvalue weighted by atomic mass is 32.1. The van der Waals surface area contributed by atoms with Crippen LogP contribution in [0.1, 0.15) is 35.9 Å². The highest BCUT2D eigenvalue weighted by Crippen LogP contribution is 2.17. The fourth-order valence-electron chi connectivity index (χ4n) is 2.29. The molecule has 2 amide bonds. The summed E-state index contributed by atoms with van der Waals surface area (Å²) in [4.78, 5) is 27.8. The first-order chi connectivity index (χ1) is 11.6. The van der Waals surface area contributed by atoms with Crippen molar-refractivity contribution in [3.8, 4) is 0 Å². The maximum atomic E-state index is 12.6. The fourth-order valence-corrected chi connectivity index (χ4v) is 3.73. The fraction of sp³-hybridized carbons (Fsp3) is 0.412. The van der Waals surface area contributed by atoms with Crippen molar-refractivity contribution in [2.75, 3.05) is 0 Å². The van der Waals surface area contributed by atoms with E-state index in [0.717, 1.165) is 22.6 Å². The van der Waals surface area contributed by atoms with E-state index in [4.69, 9.17) is 0 Å². The number of carboxylic acids is 1. The number of rotatable bonds is 9. The van der Waals surface area contributed by atoms with Gasteiger partial charge in [0.05, 0.1) is 13.1 Å². The molecule has 1 atom stereocenters. The summed E-state index contributed by atoms with van der Waals surface area (Å²) in [5.41, 5.74) is 0. The van der Waals surface area contributed by atoms with Crippen LogP contribution in [0.15, 0.2) is 35.0 Å². The van der Waals surface area contributed by atoms with Gasteiger partial charge in [0, 0.05) is 9.75 Å². The minimum absolute atomic E-state index is 0.333. The molecule has 24 heavy (non-hydrogen) atoms. The Morgan fingerprint density at radius 3 is 2.17 bits per heavy atom. The molecule has 2 aromatic rings. The summed E-state index contributed by atoms with van der Waals surface area (Å²) in [5, 5.41) is 15.9. The molecule has 130 valence electrons. The van der Waals surface area contributed by atoms with Crippen molar-refractivity contribution in [3.63, 3.8) is 0 Å². The molecule has 0 spiro atoms. The molecule has 7 heteroatoms. The van der Waals surface area contributed by atoms with Gasteiger partial charge in [-0.15, -0.1) is 22.7 Å². The van der Waals surface area contributed by atoms with Gasteiger partial charge in [0.15, 0.2) is 0 Å². The number of carboxylic acid groups (broad SMARTS) is 1. The molecule has 0 aliphatic heterocycles. The van der Waals surface area contributed by atoms with Crippen LogP contribution >= 0.6 is 22.7 Å². The van der Waals surface area contributed by atoms with Crippen LogP contribution in [-0.4, -0.2) is 28.0 Å². The van der Waals surface area contributed by atoms with E-state index >= 15 is 0 Å². The lowest BCUT2D eigenvalue weighted by Gasteiger charge is -2.24. The Kier molecular flexibility index (Phi) is 7.27. The molecule has 0 radical (unpaired) electrons. The Morgan fingerprint density at radius 2 is 1.75 bits per heavy atom. The van der Waals surface area contributed by atoms with Crippen LogP contribution in [0.4, 0.5) is 4.79 Å². The molecule has 0 saturated heterocycles. The molecule has 0 saturated carbocycles. The summed E-state index contributed by atoms with van der Waals surface area (Å²) in [6.45, 7) is 2.95. The molecule has 0 aliphatic rings. The van der Waals surface area contributed by atoms with Gasteiger partial charge in [-0.1, -0.05) is 31.9 Å². The monoisotopic (exact) mass is 366 g/mol. The Bertz CT molecular complexity index is 590. The molecule has 2 aromatic heterocycles. The normalized spacial score (nSPS) is 11.9. The summed E-state index contributed by atoms with van der Waals surface area (Å²) >= 11 is 3.17. The number of carbonyl (C=O) groups is 2. The van der Waals surface area contributed by atoms with Crippen molar-refractivity contribution in [1.82, 2.24) is 10.2 Å². The molecule has 2 heterocycles. The second-order valence-corrected chi connectivity index (χ2v) is 7.56. The van der Waals surface area contributed by atoms with E-state index in [1.807, 2.05) is 41.9 Å². The number of urea groups is 1. The van der Waals surface area contributed by atoms with E-state index in [2.05, 4.69) is 5.32 Å². The summed E-state index contributed by atoms with van der Waals surface area (Å²) < 4.78 is 0. The number of unbranched alkanes of at least 4 members (excludes halogenated alkanes) is 1. The Balaban J connectivity index is 2.06. The average Bonchev–Trinajstić information content (AvgIpc) is 3.24. The molecular formula is C17H22N2O3S2. The first-order valence-electron chi connectivity index (χ1n) is 7.93. The summed E-state index contributed by atoms with van der Waals surface area (Å²) in [7, 11) is 0. The summed E-state index contributed by atoms with van der Waals surface area (Å²) in [6.07, 6.45) is 2.12. The van der Waals surface area contributed by atoms with Crippen LogP contribution in [0.5, 0.6) is 0 Å². The number of thiophene rings is 2. The Labute approximate surface area is 149 Å². The third-order valence-corrected chi connectivity index (χ3v) is 5.31. The minimum Gasteiger partial charge on any atom is -0.480 e. The highest BCUT2D eigenvalue weighted by Gasteiger charge is 2.23. The lowest BCUT2D eigenvalue weighted by Crippen LogP contribution is -2.47. The van der Waals surface area contributed by atoms with E-state index in [0.29, 0.717) is 19.5 Å². The van der Waals surface area contributed by atoms with Crippen LogP contribution in [-0.2, 0) is 17.9 Å². The predicted molar refractivity (Wildman–Crippen MR) is 97.4 cm³/mol. The molecule has 0 aromatic carbocycles. The van der Waals surface area contributed by atoms with Gasteiger partial charge in [-0.05, 0) is 29.3 Å². The maximum absolute atomic E-state index is 12.6. The summed E-state index contributed by atoms with van der Waals surface area (Å²) in [5.74, 6) is -0.982. The largest absolute Gasteiger partial charge is 0.480 e. The van der Waals surface area contributed by atoms with Gasteiger partial charge in [-0.2, -0.15) is 0 Å².